The van der Waals surface area contributed by atoms with E-state index in [1.165, 1.54) is 5.56 Å². The molecule has 0 radical (unpaired) electrons. The molecular weight excluding hydrogens is 320 g/mol. The van der Waals surface area contributed by atoms with Gasteiger partial charge in [-0.15, -0.1) is 0 Å². The zero-order valence-electron chi connectivity index (χ0n) is 14.3. The third-order valence-corrected chi connectivity index (χ3v) is 4.17. The Kier molecular flexibility index (Phi) is 7.29. The molecule has 1 N–H and O–H groups in total. The van der Waals surface area contributed by atoms with E-state index in [2.05, 4.69) is 36.2 Å². The van der Waals surface area contributed by atoms with E-state index >= 15 is 0 Å². The average molecular weight is 345 g/mol. The Morgan fingerprint density at radius 2 is 1.79 bits per heavy atom. The molecule has 0 spiro atoms. The van der Waals surface area contributed by atoms with Crippen LogP contribution >= 0.6 is 11.6 Å². The topological polar surface area (TPSA) is 32.3 Å². The second-order valence-corrected chi connectivity index (χ2v) is 6.65. The Morgan fingerprint density at radius 1 is 1.08 bits per heavy atom. The van der Waals surface area contributed by atoms with Gasteiger partial charge in [-0.25, -0.2) is 0 Å². The van der Waals surface area contributed by atoms with Crippen LogP contribution < -0.4 is 5.32 Å². The van der Waals surface area contributed by atoms with Gasteiger partial charge >= 0.3 is 0 Å². The van der Waals surface area contributed by atoms with Crippen molar-refractivity contribution in [3.63, 3.8) is 0 Å². The van der Waals surface area contributed by atoms with Crippen LogP contribution in [0.25, 0.3) is 0 Å². The molecule has 0 aliphatic carbocycles. The van der Waals surface area contributed by atoms with Crippen LogP contribution in [0, 0.1) is 0 Å². The summed E-state index contributed by atoms with van der Waals surface area (Å²) in [4.78, 5) is 14.4. The fourth-order valence-corrected chi connectivity index (χ4v) is 2.73. The fraction of sp³-hybridized carbons (Fsp3) is 0.350. The molecule has 4 heteroatoms. The summed E-state index contributed by atoms with van der Waals surface area (Å²) in [6, 6.07) is 18.3. The van der Waals surface area contributed by atoms with Gasteiger partial charge in [0.15, 0.2) is 0 Å². The average Bonchev–Trinajstić information content (AvgIpc) is 2.55. The molecule has 0 atom stereocenters. The van der Waals surface area contributed by atoms with E-state index < -0.39 is 0 Å². The van der Waals surface area contributed by atoms with Gasteiger partial charge in [-0.05, 0) is 43.5 Å². The minimum absolute atomic E-state index is 0.0571. The largest absolute Gasteiger partial charge is 0.355 e. The first-order chi connectivity index (χ1) is 11.5. The van der Waals surface area contributed by atoms with Crippen LogP contribution in [-0.2, 0) is 17.8 Å². The van der Waals surface area contributed by atoms with Crippen molar-refractivity contribution in [3.05, 3.63) is 70.7 Å². The molecule has 0 heterocycles. The monoisotopic (exact) mass is 344 g/mol. The first-order valence-electron chi connectivity index (χ1n) is 8.33. The minimum atomic E-state index is 0.0571. The van der Waals surface area contributed by atoms with Gasteiger partial charge in [-0.2, -0.15) is 0 Å². The smallest absolute Gasteiger partial charge is 0.234 e. The number of nitrogens with one attached hydrogen (secondary N) is 1. The zero-order valence-corrected chi connectivity index (χ0v) is 15.1. The van der Waals surface area contributed by atoms with Gasteiger partial charge in [0.05, 0.1) is 6.54 Å². The van der Waals surface area contributed by atoms with Crippen molar-refractivity contribution in [1.82, 2.24) is 10.2 Å². The van der Waals surface area contributed by atoms with Crippen molar-refractivity contribution >= 4 is 17.5 Å². The molecule has 0 aliphatic heterocycles. The maximum absolute atomic E-state index is 12.2. The Bertz CT molecular complexity index is 643. The number of carbonyl (C=O) groups is 1. The van der Waals surface area contributed by atoms with Crippen LogP contribution in [0.3, 0.4) is 0 Å². The van der Waals surface area contributed by atoms with Crippen molar-refractivity contribution < 1.29 is 4.79 Å². The van der Waals surface area contributed by atoms with Crippen LogP contribution in [0.15, 0.2) is 54.6 Å². The fourth-order valence-electron chi connectivity index (χ4n) is 2.52. The van der Waals surface area contributed by atoms with Crippen LogP contribution in [0.4, 0.5) is 0 Å². The van der Waals surface area contributed by atoms with Crippen molar-refractivity contribution in [2.75, 3.05) is 13.1 Å². The summed E-state index contributed by atoms with van der Waals surface area (Å²) in [6.07, 6.45) is 0.784. The molecule has 0 aliphatic rings. The Labute approximate surface area is 149 Å². The summed E-state index contributed by atoms with van der Waals surface area (Å²) >= 11 is 5.97. The van der Waals surface area contributed by atoms with E-state index in [9.17, 15) is 4.79 Å². The number of rotatable bonds is 8. The van der Waals surface area contributed by atoms with Crippen molar-refractivity contribution in [2.45, 2.75) is 32.9 Å². The number of amides is 1. The lowest BCUT2D eigenvalue weighted by Crippen LogP contribution is -2.40. The van der Waals surface area contributed by atoms with Gasteiger partial charge in [0, 0.05) is 24.2 Å². The quantitative estimate of drug-likeness (QED) is 0.787. The van der Waals surface area contributed by atoms with Crippen molar-refractivity contribution in [3.8, 4) is 0 Å². The molecule has 3 nitrogen and oxygen atoms in total. The van der Waals surface area contributed by atoms with E-state index in [4.69, 9.17) is 11.6 Å². The SMILES string of the molecule is CC(C)N(CC(=O)NCCc1cccc(Cl)c1)Cc1ccccc1. The van der Waals surface area contributed by atoms with E-state index in [1.54, 1.807) is 0 Å². The second-order valence-electron chi connectivity index (χ2n) is 6.21. The predicted molar refractivity (Wildman–Crippen MR) is 100 cm³/mol. The van der Waals surface area contributed by atoms with Crippen molar-refractivity contribution in [1.29, 1.82) is 0 Å². The number of halogens is 1. The van der Waals surface area contributed by atoms with Crippen LogP contribution in [0.1, 0.15) is 25.0 Å². The third kappa shape index (κ3) is 6.34. The lowest BCUT2D eigenvalue weighted by Gasteiger charge is -2.26. The van der Waals surface area contributed by atoms with Gasteiger partial charge in [-0.3, -0.25) is 9.69 Å². The van der Waals surface area contributed by atoms with Gasteiger partial charge in [-0.1, -0.05) is 54.1 Å². The van der Waals surface area contributed by atoms with Gasteiger partial charge < -0.3 is 5.32 Å². The summed E-state index contributed by atoms with van der Waals surface area (Å²) in [7, 11) is 0. The summed E-state index contributed by atoms with van der Waals surface area (Å²) in [5.74, 6) is 0.0571. The summed E-state index contributed by atoms with van der Waals surface area (Å²) in [5.41, 5.74) is 2.35. The van der Waals surface area contributed by atoms with E-state index in [-0.39, 0.29) is 5.91 Å². The second kappa shape index (κ2) is 9.45. The first-order valence-corrected chi connectivity index (χ1v) is 8.71. The Balaban J connectivity index is 1.80. The molecular formula is C20H25ClN2O. The number of carbonyl (C=O) groups excluding carboxylic acids is 1. The molecule has 2 rings (SSSR count). The lowest BCUT2D eigenvalue weighted by atomic mass is 10.1. The highest BCUT2D eigenvalue weighted by atomic mass is 35.5. The molecule has 0 fully saturated rings. The van der Waals surface area contributed by atoms with Crippen LogP contribution in [0.5, 0.6) is 0 Å². The number of hydrogen-bond acceptors (Lipinski definition) is 2. The molecule has 0 saturated carbocycles. The standard InChI is InChI=1S/C20H25ClN2O/c1-16(2)23(14-18-7-4-3-5-8-18)15-20(24)22-12-11-17-9-6-10-19(21)13-17/h3-10,13,16H,11-12,14-15H2,1-2H3,(H,22,24). The highest BCUT2D eigenvalue weighted by Gasteiger charge is 2.14. The summed E-state index contributed by atoms with van der Waals surface area (Å²) < 4.78 is 0. The molecule has 2 aromatic rings. The van der Waals surface area contributed by atoms with Crippen molar-refractivity contribution in [2.24, 2.45) is 0 Å². The molecule has 2 aromatic carbocycles. The van der Waals surface area contributed by atoms with E-state index in [1.807, 2.05) is 42.5 Å². The maximum Gasteiger partial charge on any atom is 0.234 e. The van der Waals surface area contributed by atoms with Crippen LogP contribution in [-0.4, -0.2) is 29.9 Å². The highest BCUT2D eigenvalue weighted by molar-refractivity contribution is 6.30. The molecule has 0 aromatic heterocycles. The zero-order chi connectivity index (χ0) is 17.4. The lowest BCUT2D eigenvalue weighted by molar-refractivity contribution is -0.122. The minimum Gasteiger partial charge on any atom is -0.355 e. The normalized spacial score (nSPS) is 11.0. The summed E-state index contributed by atoms with van der Waals surface area (Å²) in [5, 5.41) is 3.73. The van der Waals surface area contributed by atoms with Crippen LogP contribution in [0.2, 0.25) is 5.02 Å². The Hall–Kier alpha value is -1.84. The first kappa shape index (κ1) is 18.5. The molecule has 128 valence electrons. The van der Waals surface area contributed by atoms with Gasteiger partial charge in [0.2, 0.25) is 5.91 Å². The molecule has 0 saturated heterocycles. The summed E-state index contributed by atoms with van der Waals surface area (Å²) in [6.45, 7) is 6.03. The highest BCUT2D eigenvalue weighted by Crippen LogP contribution is 2.11. The van der Waals surface area contributed by atoms with Gasteiger partial charge in [0.1, 0.15) is 0 Å². The maximum atomic E-state index is 12.2. The van der Waals surface area contributed by atoms with E-state index in [0.29, 0.717) is 19.1 Å². The Morgan fingerprint density at radius 3 is 2.46 bits per heavy atom. The molecule has 0 bridgehead atoms. The molecule has 0 unspecified atom stereocenters. The number of nitrogens with zero attached hydrogens (tertiary/aromatic N) is 1. The molecule has 24 heavy (non-hydrogen) atoms. The van der Waals surface area contributed by atoms with Gasteiger partial charge in [0.25, 0.3) is 0 Å². The number of hydrogen-bond donors (Lipinski definition) is 1. The predicted octanol–water partition coefficient (Wildman–Crippen LogP) is 3.91. The number of benzene rings is 2. The molecule has 1 amide bonds. The van der Waals surface area contributed by atoms with E-state index in [0.717, 1.165) is 23.6 Å². The third-order valence-electron chi connectivity index (χ3n) is 3.93.